The molecule has 1 amide bonds. The molecule has 1 aromatic heterocycles. The summed E-state index contributed by atoms with van der Waals surface area (Å²) in [5.74, 6) is 1.01. The van der Waals surface area contributed by atoms with Crippen LogP contribution in [0.25, 0.3) is 22.2 Å². The molecule has 0 bridgehead atoms. The Morgan fingerprint density at radius 1 is 1.14 bits per heavy atom. The number of nitrogens with two attached hydrogens (primary N) is 1. The molecular weight excluding hydrogens is 364 g/mol. The number of hydrogen-bond acceptors (Lipinski definition) is 4. The highest BCUT2D eigenvalue weighted by atomic mass is 16.5. The summed E-state index contributed by atoms with van der Waals surface area (Å²) in [7, 11) is 0. The summed E-state index contributed by atoms with van der Waals surface area (Å²) in [4.78, 5) is 17.2. The van der Waals surface area contributed by atoms with Crippen LogP contribution in [0.2, 0.25) is 0 Å². The minimum Gasteiger partial charge on any atom is -0.493 e. The molecule has 0 radical (unpaired) electrons. The zero-order valence-electron chi connectivity index (χ0n) is 16.9. The van der Waals surface area contributed by atoms with Crippen molar-refractivity contribution in [3.63, 3.8) is 0 Å². The molecule has 29 heavy (non-hydrogen) atoms. The van der Waals surface area contributed by atoms with Crippen LogP contribution in [-0.4, -0.2) is 23.5 Å². The number of nitrogens with one attached hydrogen (secondary N) is 2. The summed E-state index contributed by atoms with van der Waals surface area (Å²) < 4.78 is 5.87. The first-order valence-corrected chi connectivity index (χ1v) is 9.63. The molecule has 3 rings (SSSR count). The smallest absolute Gasteiger partial charge is 0.258 e. The monoisotopic (exact) mass is 390 g/mol. The number of para-hydroxylation sites is 1. The van der Waals surface area contributed by atoms with Gasteiger partial charge in [0.2, 0.25) is 0 Å². The SMILES string of the molecule is CC(C)C(C)COc1ccc(-c2cc(C(=O)NC(=N)N)c3ccccc3n2)cc1. The molecule has 0 aliphatic rings. The van der Waals surface area contributed by atoms with Crippen molar-refractivity contribution in [2.75, 3.05) is 6.61 Å². The molecule has 0 aliphatic heterocycles. The van der Waals surface area contributed by atoms with Crippen molar-refractivity contribution < 1.29 is 9.53 Å². The Balaban J connectivity index is 1.91. The summed E-state index contributed by atoms with van der Waals surface area (Å²) >= 11 is 0. The van der Waals surface area contributed by atoms with E-state index in [-0.39, 0.29) is 0 Å². The zero-order valence-corrected chi connectivity index (χ0v) is 16.9. The van der Waals surface area contributed by atoms with Crippen LogP contribution in [-0.2, 0) is 0 Å². The molecule has 6 heteroatoms. The Hall–Kier alpha value is -3.41. The van der Waals surface area contributed by atoms with Gasteiger partial charge in [-0.1, -0.05) is 39.0 Å². The summed E-state index contributed by atoms with van der Waals surface area (Å²) in [5, 5.41) is 10.4. The maximum atomic E-state index is 12.5. The van der Waals surface area contributed by atoms with Gasteiger partial charge in [-0.2, -0.15) is 0 Å². The Kier molecular flexibility index (Phi) is 6.12. The van der Waals surface area contributed by atoms with Crippen LogP contribution in [0.15, 0.2) is 54.6 Å². The number of aromatic nitrogens is 1. The fraction of sp³-hybridized carbons (Fsp3) is 0.261. The lowest BCUT2D eigenvalue weighted by Gasteiger charge is -2.16. The van der Waals surface area contributed by atoms with Gasteiger partial charge in [0, 0.05) is 10.9 Å². The average Bonchev–Trinajstić information content (AvgIpc) is 2.70. The number of rotatable bonds is 6. The first-order chi connectivity index (χ1) is 13.8. The van der Waals surface area contributed by atoms with E-state index in [2.05, 4.69) is 31.1 Å². The number of carbonyl (C=O) groups excluding carboxylic acids is 1. The van der Waals surface area contributed by atoms with Crippen molar-refractivity contribution in [3.8, 4) is 17.0 Å². The fourth-order valence-electron chi connectivity index (χ4n) is 2.84. The number of guanidine groups is 1. The van der Waals surface area contributed by atoms with Crippen LogP contribution in [0.3, 0.4) is 0 Å². The maximum Gasteiger partial charge on any atom is 0.258 e. The number of fused-ring (bicyclic) bond motifs is 1. The van der Waals surface area contributed by atoms with Gasteiger partial charge in [0.05, 0.1) is 23.4 Å². The van der Waals surface area contributed by atoms with Gasteiger partial charge in [-0.15, -0.1) is 0 Å². The Morgan fingerprint density at radius 2 is 1.83 bits per heavy atom. The van der Waals surface area contributed by atoms with E-state index in [4.69, 9.17) is 15.9 Å². The Morgan fingerprint density at radius 3 is 2.48 bits per heavy atom. The van der Waals surface area contributed by atoms with Crippen molar-refractivity contribution in [2.24, 2.45) is 17.6 Å². The lowest BCUT2D eigenvalue weighted by Crippen LogP contribution is -2.35. The molecule has 0 aliphatic carbocycles. The summed E-state index contributed by atoms with van der Waals surface area (Å²) in [6.07, 6.45) is 0. The van der Waals surface area contributed by atoms with Crippen LogP contribution in [0.4, 0.5) is 0 Å². The van der Waals surface area contributed by atoms with Crippen LogP contribution in [0, 0.1) is 17.2 Å². The first kappa shape index (κ1) is 20.3. The first-order valence-electron chi connectivity index (χ1n) is 9.63. The molecular formula is C23H26N4O2. The maximum absolute atomic E-state index is 12.5. The van der Waals surface area contributed by atoms with E-state index < -0.39 is 11.9 Å². The highest BCUT2D eigenvalue weighted by Gasteiger charge is 2.14. The average molecular weight is 390 g/mol. The second kappa shape index (κ2) is 8.73. The molecule has 4 N–H and O–H groups in total. The molecule has 0 saturated heterocycles. The van der Waals surface area contributed by atoms with E-state index in [1.165, 1.54) is 0 Å². The van der Waals surface area contributed by atoms with Crippen molar-refractivity contribution in [2.45, 2.75) is 20.8 Å². The minimum atomic E-state index is -0.431. The van der Waals surface area contributed by atoms with Crippen molar-refractivity contribution >= 4 is 22.8 Å². The standard InChI is InChI=1S/C23H26N4O2/c1-14(2)15(3)13-29-17-10-8-16(9-11-17)21-12-19(22(28)27-23(24)25)18-6-4-5-7-20(18)26-21/h4-12,14-15H,13H2,1-3H3,(H4,24,25,27,28). The van der Waals surface area contributed by atoms with Gasteiger partial charge in [0.25, 0.3) is 5.91 Å². The topological polar surface area (TPSA) is 101 Å². The quantitative estimate of drug-likeness (QED) is 0.434. The van der Waals surface area contributed by atoms with Crippen LogP contribution < -0.4 is 15.8 Å². The molecule has 0 saturated carbocycles. The molecule has 1 heterocycles. The fourth-order valence-corrected chi connectivity index (χ4v) is 2.84. The number of carbonyl (C=O) groups is 1. The van der Waals surface area contributed by atoms with E-state index in [0.717, 1.165) is 11.3 Å². The van der Waals surface area contributed by atoms with Crippen LogP contribution in [0.5, 0.6) is 5.75 Å². The summed E-state index contributed by atoms with van der Waals surface area (Å²) in [6.45, 7) is 7.21. The highest BCUT2D eigenvalue weighted by molar-refractivity contribution is 6.12. The van der Waals surface area contributed by atoms with Gasteiger partial charge in [-0.05, 0) is 48.2 Å². The second-order valence-corrected chi connectivity index (χ2v) is 7.50. The van der Waals surface area contributed by atoms with E-state index in [0.29, 0.717) is 40.6 Å². The van der Waals surface area contributed by atoms with Gasteiger partial charge in [-0.3, -0.25) is 15.5 Å². The number of benzene rings is 2. The van der Waals surface area contributed by atoms with Gasteiger partial charge < -0.3 is 10.5 Å². The molecule has 0 fully saturated rings. The number of amides is 1. The summed E-state index contributed by atoms with van der Waals surface area (Å²) in [6, 6.07) is 16.8. The lowest BCUT2D eigenvalue weighted by atomic mass is 9.99. The second-order valence-electron chi connectivity index (χ2n) is 7.50. The number of nitrogens with zero attached hydrogens (tertiary/aromatic N) is 1. The van der Waals surface area contributed by atoms with E-state index in [1.54, 1.807) is 6.07 Å². The third-order valence-electron chi connectivity index (χ3n) is 5.01. The molecule has 1 unspecified atom stereocenters. The largest absolute Gasteiger partial charge is 0.493 e. The third-order valence-corrected chi connectivity index (χ3v) is 5.01. The van der Waals surface area contributed by atoms with E-state index in [1.807, 2.05) is 48.5 Å². The Labute approximate surface area is 170 Å². The molecule has 6 nitrogen and oxygen atoms in total. The summed E-state index contributed by atoms with van der Waals surface area (Å²) in [5.41, 5.74) is 7.99. The van der Waals surface area contributed by atoms with Gasteiger partial charge in [0.15, 0.2) is 5.96 Å². The number of pyridine rings is 1. The molecule has 150 valence electrons. The lowest BCUT2D eigenvalue weighted by molar-refractivity contribution is 0.0978. The molecule has 0 spiro atoms. The number of hydrogen-bond donors (Lipinski definition) is 3. The van der Waals surface area contributed by atoms with Gasteiger partial charge in [0.1, 0.15) is 5.75 Å². The van der Waals surface area contributed by atoms with Crippen LogP contribution in [0.1, 0.15) is 31.1 Å². The van der Waals surface area contributed by atoms with Crippen LogP contribution >= 0.6 is 0 Å². The molecule has 1 atom stereocenters. The van der Waals surface area contributed by atoms with E-state index in [9.17, 15) is 4.79 Å². The van der Waals surface area contributed by atoms with E-state index >= 15 is 0 Å². The molecule has 3 aromatic rings. The predicted octanol–water partition coefficient (Wildman–Crippen LogP) is 4.20. The number of ether oxygens (including phenoxy) is 1. The highest BCUT2D eigenvalue weighted by Crippen LogP contribution is 2.26. The van der Waals surface area contributed by atoms with Gasteiger partial charge in [-0.25, -0.2) is 4.98 Å². The van der Waals surface area contributed by atoms with Crippen molar-refractivity contribution in [1.29, 1.82) is 5.41 Å². The molecule has 2 aromatic carbocycles. The normalized spacial score (nSPS) is 12.0. The predicted molar refractivity (Wildman–Crippen MR) is 116 cm³/mol. The van der Waals surface area contributed by atoms with Crippen molar-refractivity contribution in [1.82, 2.24) is 10.3 Å². The minimum absolute atomic E-state index is 0.394. The van der Waals surface area contributed by atoms with Crippen molar-refractivity contribution in [3.05, 3.63) is 60.2 Å². The third kappa shape index (κ3) is 4.90. The zero-order chi connectivity index (χ0) is 21.0. The van der Waals surface area contributed by atoms with Gasteiger partial charge >= 0.3 is 0 Å². The Bertz CT molecular complexity index is 1030.